The van der Waals surface area contributed by atoms with Gasteiger partial charge in [0.2, 0.25) is 0 Å². The summed E-state index contributed by atoms with van der Waals surface area (Å²) in [4.78, 5) is 6.88. The second kappa shape index (κ2) is 6.96. The SMILES string of the molecule is CCN(CC)CCn1nc(N)c2cc(F)c(-c3cnn4ccccc34)nc21. The summed E-state index contributed by atoms with van der Waals surface area (Å²) in [6.07, 6.45) is 3.45. The summed E-state index contributed by atoms with van der Waals surface area (Å²) in [5.74, 6) is -0.140. The van der Waals surface area contributed by atoms with Crippen LogP contribution >= 0.6 is 0 Å². The molecule has 0 bridgehead atoms. The van der Waals surface area contributed by atoms with Crippen molar-refractivity contribution in [1.29, 1.82) is 0 Å². The summed E-state index contributed by atoms with van der Waals surface area (Å²) in [7, 11) is 0. The van der Waals surface area contributed by atoms with Crippen molar-refractivity contribution in [2.75, 3.05) is 25.4 Å². The van der Waals surface area contributed by atoms with Crippen LogP contribution in [-0.4, -0.2) is 48.9 Å². The van der Waals surface area contributed by atoms with Crippen LogP contribution in [0, 0.1) is 5.82 Å². The highest BCUT2D eigenvalue weighted by atomic mass is 19.1. The van der Waals surface area contributed by atoms with Gasteiger partial charge in [-0.15, -0.1) is 0 Å². The van der Waals surface area contributed by atoms with Crippen LogP contribution in [0.5, 0.6) is 0 Å². The van der Waals surface area contributed by atoms with Gasteiger partial charge in [0.05, 0.1) is 23.6 Å². The van der Waals surface area contributed by atoms with Crippen LogP contribution in [0.2, 0.25) is 0 Å². The second-order valence-corrected chi connectivity index (χ2v) is 6.41. The Bertz CT molecular complexity index is 1090. The van der Waals surface area contributed by atoms with E-state index in [9.17, 15) is 4.39 Å². The van der Waals surface area contributed by atoms with Crippen LogP contribution in [-0.2, 0) is 6.54 Å². The van der Waals surface area contributed by atoms with E-state index in [2.05, 4.69) is 33.9 Å². The van der Waals surface area contributed by atoms with Crippen LogP contribution in [0.1, 0.15) is 13.8 Å². The van der Waals surface area contributed by atoms with Gasteiger partial charge >= 0.3 is 0 Å². The van der Waals surface area contributed by atoms with Crippen LogP contribution < -0.4 is 5.73 Å². The molecule has 0 aliphatic carbocycles. The first-order chi connectivity index (χ1) is 13.1. The number of hydrogen-bond acceptors (Lipinski definition) is 5. The lowest BCUT2D eigenvalue weighted by atomic mass is 10.1. The first-order valence-electron chi connectivity index (χ1n) is 9.10. The van der Waals surface area contributed by atoms with Crippen molar-refractivity contribution in [3.63, 3.8) is 0 Å². The average molecular weight is 367 g/mol. The molecule has 0 fully saturated rings. The number of anilines is 1. The van der Waals surface area contributed by atoms with Crippen LogP contribution in [0.15, 0.2) is 36.7 Å². The predicted molar refractivity (Wildman–Crippen MR) is 104 cm³/mol. The molecule has 0 saturated heterocycles. The van der Waals surface area contributed by atoms with Crippen molar-refractivity contribution in [3.8, 4) is 11.3 Å². The van der Waals surface area contributed by atoms with E-state index in [1.807, 2.05) is 24.4 Å². The van der Waals surface area contributed by atoms with Crippen molar-refractivity contribution in [1.82, 2.24) is 29.3 Å². The fourth-order valence-electron chi connectivity index (χ4n) is 3.33. The predicted octanol–water partition coefficient (Wildman–Crippen LogP) is 2.81. The zero-order valence-corrected chi connectivity index (χ0v) is 15.4. The molecule has 0 aromatic carbocycles. The molecule has 7 nitrogen and oxygen atoms in total. The van der Waals surface area contributed by atoms with E-state index in [4.69, 9.17) is 5.73 Å². The highest BCUT2D eigenvalue weighted by molar-refractivity contribution is 5.90. The topological polar surface area (TPSA) is 77.3 Å². The Morgan fingerprint density at radius 1 is 1.22 bits per heavy atom. The summed E-state index contributed by atoms with van der Waals surface area (Å²) in [6, 6.07) is 7.07. The maximum absolute atomic E-state index is 14.8. The lowest BCUT2D eigenvalue weighted by molar-refractivity contribution is 0.287. The number of fused-ring (bicyclic) bond motifs is 2. The summed E-state index contributed by atoms with van der Waals surface area (Å²) < 4.78 is 18.3. The molecule has 0 saturated carbocycles. The molecule has 0 aliphatic rings. The molecule has 8 heteroatoms. The number of aromatic nitrogens is 5. The second-order valence-electron chi connectivity index (χ2n) is 6.41. The third-order valence-electron chi connectivity index (χ3n) is 4.91. The van der Waals surface area contributed by atoms with E-state index in [1.165, 1.54) is 6.07 Å². The van der Waals surface area contributed by atoms with Crippen molar-refractivity contribution in [3.05, 3.63) is 42.5 Å². The Labute approximate surface area is 156 Å². The molecule has 0 atom stereocenters. The Kier molecular flexibility index (Phi) is 4.49. The molecule has 0 unspecified atom stereocenters. The highest BCUT2D eigenvalue weighted by Gasteiger charge is 2.18. The molecular formula is C19H22FN7. The smallest absolute Gasteiger partial charge is 0.160 e. The summed E-state index contributed by atoms with van der Waals surface area (Å²) in [6.45, 7) is 7.63. The zero-order chi connectivity index (χ0) is 19.0. The molecule has 4 aromatic heterocycles. The fourth-order valence-corrected chi connectivity index (χ4v) is 3.33. The lowest BCUT2D eigenvalue weighted by Gasteiger charge is -2.17. The molecule has 27 heavy (non-hydrogen) atoms. The largest absolute Gasteiger partial charge is 0.382 e. The maximum atomic E-state index is 14.8. The molecule has 2 N–H and O–H groups in total. The van der Waals surface area contributed by atoms with Gasteiger partial charge in [-0.2, -0.15) is 10.2 Å². The van der Waals surface area contributed by atoms with E-state index >= 15 is 0 Å². The number of likely N-dealkylation sites (N-methyl/N-ethyl adjacent to an activating group) is 1. The van der Waals surface area contributed by atoms with E-state index in [0.717, 1.165) is 25.2 Å². The van der Waals surface area contributed by atoms with E-state index in [-0.39, 0.29) is 5.69 Å². The highest BCUT2D eigenvalue weighted by Crippen LogP contribution is 2.29. The minimum atomic E-state index is -0.434. The van der Waals surface area contributed by atoms with Crippen molar-refractivity contribution in [2.45, 2.75) is 20.4 Å². The maximum Gasteiger partial charge on any atom is 0.160 e. The van der Waals surface area contributed by atoms with Gasteiger partial charge in [-0.1, -0.05) is 19.9 Å². The van der Waals surface area contributed by atoms with E-state index < -0.39 is 5.82 Å². The summed E-state index contributed by atoms with van der Waals surface area (Å²) >= 11 is 0. The Morgan fingerprint density at radius 3 is 2.81 bits per heavy atom. The van der Waals surface area contributed by atoms with E-state index in [0.29, 0.717) is 29.0 Å². The first-order valence-corrected chi connectivity index (χ1v) is 9.10. The van der Waals surface area contributed by atoms with Gasteiger partial charge in [-0.25, -0.2) is 18.6 Å². The van der Waals surface area contributed by atoms with Crippen LogP contribution in [0.3, 0.4) is 0 Å². The summed E-state index contributed by atoms with van der Waals surface area (Å²) in [5, 5.41) is 9.19. The molecule has 0 aliphatic heterocycles. The lowest BCUT2D eigenvalue weighted by Crippen LogP contribution is -2.27. The number of nitrogens with two attached hydrogens (primary N) is 1. The number of rotatable bonds is 6. The molecular weight excluding hydrogens is 345 g/mol. The Balaban J connectivity index is 1.81. The normalized spacial score (nSPS) is 11.9. The van der Waals surface area contributed by atoms with Gasteiger partial charge in [0, 0.05) is 18.3 Å². The van der Waals surface area contributed by atoms with Crippen molar-refractivity contribution < 1.29 is 4.39 Å². The Morgan fingerprint density at radius 2 is 2.04 bits per heavy atom. The molecule has 4 rings (SSSR count). The van der Waals surface area contributed by atoms with Gasteiger partial charge in [-0.3, -0.25) is 0 Å². The van der Waals surface area contributed by atoms with E-state index in [1.54, 1.807) is 15.4 Å². The molecule has 140 valence electrons. The zero-order valence-electron chi connectivity index (χ0n) is 15.4. The number of nitrogen functional groups attached to an aromatic ring is 1. The average Bonchev–Trinajstić information content (AvgIpc) is 3.23. The fraction of sp³-hybridized carbons (Fsp3) is 0.316. The Hall–Kier alpha value is -3.00. The van der Waals surface area contributed by atoms with Gasteiger partial charge in [0.1, 0.15) is 5.69 Å². The van der Waals surface area contributed by atoms with Gasteiger partial charge < -0.3 is 10.6 Å². The quantitative estimate of drug-likeness (QED) is 0.567. The van der Waals surface area contributed by atoms with Crippen molar-refractivity contribution in [2.24, 2.45) is 0 Å². The number of pyridine rings is 2. The van der Waals surface area contributed by atoms with Gasteiger partial charge in [-0.05, 0) is 31.3 Å². The number of halogens is 1. The van der Waals surface area contributed by atoms with Crippen LogP contribution in [0.4, 0.5) is 10.2 Å². The third kappa shape index (κ3) is 3.02. The van der Waals surface area contributed by atoms with Crippen molar-refractivity contribution >= 4 is 22.4 Å². The molecule has 0 spiro atoms. The minimum Gasteiger partial charge on any atom is -0.382 e. The minimum absolute atomic E-state index is 0.257. The van der Waals surface area contributed by atoms with Gasteiger partial charge in [0.15, 0.2) is 17.3 Å². The summed E-state index contributed by atoms with van der Waals surface area (Å²) in [5.41, 5.74) is 8.29. The number of nitrogens with zero attached hydrogens (tertiary/aromatic N) is 6. The number of hydrogen-bond donors (Lipinski definition) is 1. The van der Waals surface area contributed by atoms with Gasteiger partial charge in [0.25, 0.3) is 0 Å². The third-order valence-corrected chi connectivity index (χ3v) is 4.91. The molecule has 0 amide bonds. The first kappa shape index (κ1) is 17.4. The molecule has 4 heterocycles. The standard InChI is InChI=1S/C19H22FN7/c1-3-25(4-2)9-10-27-19-13(18(21)24-27)11-15(20)17(23-19)14-12-22-26-8-6-5-7-16(14)26/h5-8,11-12H,3-4,9-10H2,1-2H3,(H2,21,24). The monoisotopic (exact) mass is 367 g/mol. The van der Waals surface area contributed by atoms with Crippen LogP contribution in [0.25, 0.3) is 27.8 Å². The molecule has 4 aromatic rings. The molecule has 0 radical (unpaired) electrons.